The number of aromatic nitrogens is 2. The first-order valence-electron chi connectivity index (χ1n) is 7.34. The Morgan fingerprint density at radius 1 is 1.33 bits per heavy atom. The van der Waals surface area contributed by atoms with Gasteiger partial charge in [-0.05, 0) is 38.0 Å². The zero-order chi connectivity index (χ0) is 15.6. The lowest BCUT2D eigenvalue weighted by molar-refractivity contribution is 0.0968. The van der Waals surface area contributed by atoms with Gasteiger partial charge in [-0.3, -0.25) is 0 Å². The number of alkyl halides is 1. The smallest absolute Gasteiger partial charge is 0.128 e. The number of rotatable bonds is 6. The van der Waals surface area contributed by atoms with Crippen molar-refractivity contribution in [3.63, 3.8) is 0 Å². The van der Waals surface area contributed by atoms with Gasteiger partial charge in [0.1, 0.15) is 5.82 Å². The van der Waals surface area contributed by atoms with Gasteiger partial charge in [0.2, 0.25) is 0 Å². The number of hydrogen-bond donors (Lipinski definition) is 0. The first kappa shape index (κ1) is 16.8. The molecule has 0 aliphatic heterocycles. The van der Waals surface area contributed by atoms with Gasteiger partial charge in [0.05, 0.1) is 29.1 Å². The van der Waals surface area contributed by atoms with Crippen molar-refractivity contribution in [1.82, 2.24) is 9.55 Å². The van der Waals surface area contributed by atoms with Crippen LogP contribution in [0.25, 0.3) is 11.0 Å². The van der Waals surface area contributed by atoms with Crippen molar-refractivity contribution < 1.29 is 4.74 Å². The molecule has 0 radical (unpaired) electrons. The molecule has 2 aromatic rings. The molecule has 21 heavy (non-hydrogen) atoms. The Kier molecular flexibility index (Phi) is 5.69. The molecule has 0 fully saturated rings. The van der Waals surface area contributed by atoms with Crippen molar-refractivity contribution in [3.05, 3.63) is 28.5 Å². The fraction of sp³-hybridized carbons (Fsp3) is 0.562. The SMILES string of the molecule is CCOCC(C(C)C)n1c(C(C)Cl)nc2ccc(Br)cc21. The van der Waals surface area contributed by atoms with E-state index in [2.05, 4.69) is 40.4 Å². The second-order valence-corrected chi connectivity index (χ2v) is 7.13. The Balaban J connectivity index is 2.61. The predicted molar refractivity (Wildman–Crippen MR) is 92.1 cm³/mol. The summed E-state index contributed by atoms with van der Waals surface area (Å²) < 4.78 is 8.98. The Morgan fingerprint density at radius 3 is 2.62 bits per heavy atom. The van der Waals surface area contributed by atoms with Crippen LogP contribution in [0, 0.1) is 5.92 Å². The summed E-state index contributed by atoms with van der Waals surface area (Å²) >= 11 is 9.91. The van der Waals surface area contributed by atoms with Crippen molar-refractivity contribution in [3.8, 4) is 0 Å². The van der Waals surface area contributed by atoms with Crippen LogP contribution in [0.5, 0.6) is 0 Å². The van der Waals surface area contributed by atoms with E-state index in [9.17, 15) is 0 Å². The fourth-order valence-corrected chi connectivity index (χ4v) is 3.02. The Labute approximate surface area is 139 Å². The lowest BCUT2D eigenvalue weighted by Crippen LogP contribution is -2.23. The normalized spacial score (nSPS) is 14.8. The molecule has 1 aromatic carbocycles. The summed E-state index contributed by atoms with van der Waals surface area (Å²) in [4.78, 5) is 4.72. The maximum atomic E-state index is 6.37. The summed E-state index contributed by atoms with van der Waals surface area (Å²) in [5.74, 6) is 1.34. The summed E-state index contributed by atoms with van der Waals surface area (Å²) in [6.07, 6.45) is 0. The number of hydrogen-bond acceptors (Lipinski definition) is 2. The van der Waals surface area contributed by atoms with E-state index in [0.29, 0.717) is 19.1 Å². The van der Waals surface area contributed by atoms with Gasteiger partial charge in [0, 0.05) is 11.1 Å². The topological polar surface area (TPSA) is 27.1 Å². The van der Waals surface area contributed by atoms with Crippen molar-refractivity contribution in [2.75, 3.05) is 13.2 Å². The Bertz CT molecular complexity index is 610. The molecule has 0 amide bonds. The van der Waals surface area contributed by atoms with Crippen LogP contribution in [-0.2, 0) is 4.74 Å². The highest BCUT2D eigenvalue weighted by Gasteiger charge is 2.24. The van der Waals surface area contributed by atoms with Crippen LogP contribution < -0.4 is 0 Å². The average Bonchev–Trinajstić information content (AvgIpc) is 2.78. The summed E-state index contributed by atoms with van der Waals surface area (Å²) in [6.45, 7) is 9.78. The Morgan fingerprint density at radius 2 is 2.05 bits per heavy atom. The molecule has 0 spiro atoms. The van der Waals surface area contributed by atoms with Crippen molar-refractivity contribution in [1.29, 1.82) is 0 Å². The van der Waals surface area contributed by atoms with E-state index in [4.69, 9.17) is 21.3 Å². The van der Waals surface area contributed by atoms with Crippen LogP contribution in [0.3, 0.4) is 0 Å². The molecule has 0 bridgehead atoms. The standard InChI is InChI=1S/C16H22BrClN2O/c1-5-21-9-15(10(2)3)20-14-8-12(17)6-7-13(14)19-16(20)11(4)18/h6-8,10-11,15H,5,9H2,1-4H3. The highest BCUT2D eigenvalue weighted by Crippen LogP contribution is 2.32. The van der Waals surface area contributed by atoms with Gasteiger partial charge in [-0.2, -0.15) is 0 Å². The largest absolute Gasteiger partial charge is 0.380 e. The van der Waals surface area contributed by atoms with E-state index in [1.54, 1.807) is 0 Å². The van der Waals surface area contributed by atoms with Gasteiger partial charge in [0.25, 0.3) is 0 Å². The maximum absolute atomic E-state index is 6.37. The Hall–Kier alpha value is -0.580. The number of benzene rings is 1. The molecular formula is C16H22BrClN2O. The second kappa shape index (κ2) is 7.12. The molecule has 2 unspecified atom stereocenters. The molecule has 116 valence electrons. The molecule has 0 aliphatic carbocycles. The number of halogens is 2. The summed E-state index contributed by atoms with van der Waals surface area (Å²) in [5.41, 5.74) is 2.08. The molecule has 0 aliphatic rings. The highest BCUT2D eigenvalue weighted by molar-refractivity contribution is 9.10. The summed E-state index contributed by atoms with van der Waals surface area (Å²) in [5, 5.41) is -0.140. The molecule has 0 N–H and O–H groups in total. The quantitative estimate of drug-likeness (QED) is 0.640. The molecule has 0 saturated carbocycles. The van der Waals surface area contributed by atoms with Crippen LogP contribution >= 0.6 is 27.5 Å². The number of ether oxygens (including phenoxy) is 1. The minimum atomic E-state index is -0.140. The minimum Gasteiger partial charge on any atom is -0.380 e. The van der Waals surface area contributed by atoms with E-state index in [1.807, 2.05) is 26.0 Å². The summed E-state index contributed by atoms with van der Waals surface area (Å²) in [6, 6.07) is 6.36. The molecule has 2 rings (SSSR count). The van der Waals surface area contributed by atoms with Gasteiger partial charge in [0.15, 0.2) is 0 Å². The number of imidazole rings is 1. The summed E-state index contributed by atoms with van der Waals surface area (Å²) in [7, 11) is 0. The van der Waals surface area contributed by atoms with E-state index in [-0.39, 0.29) is 11.4 Å². The minimum absolute atomic E-state index is 0.140. The first-order valence-corrected chi connectivity index (χ1v) is 8.57. The second-order valence-electron chi connectivity index (χ2n) is 5.56. The molecule has 1 aromatic heterocycles. The third-order valence-electron chi connectivity index (χ3n) is 3.63. The molecule has 5 heteroatoms. The van der Waals surface area contributed by atoms with Gasteiger partial charge in [-0.15, -0.1) is 11.6 Å². The molecular weight excluding hydrogens is 352 g/mol. The van der Waals surface area contributed by atoms with Crippen LogP contribution in [0.4, 0.5) is 0 Å². The van der Waals surface area contributed by atoms with Crippen LogP contribution in [0.2, 0.25) is 0 Å². The predicted octanol–water partition coefficient (Wildman–Crippen LogP) is 5.33. The first-order chi connectivity index (χ1) is 9.95. The average molecular weight is 374 g/mol. The third-order valence-corrected chi connectivity index (χ3v) is 4.32. The van der Waals surface area contributed by atoms with Crippen LogP contribution in [0.15, 0.2) is 22.7 Å². The van der Waals surface area contributed by atoms with E-state index < -0.39 is 0 Å². The van der Waals surface area contributed by atoms with Crippen molar-refractivity contribution in [2.24, 2.45) is 5.92 Å². The zero-order valence-electron chi connectivity index (χ0n) is 12.9. The van der Waals surface area contributed by atoms with Crippen LogP contribution in [-0.4, -0.2) is 22.8 Å². The van der Waals surface area contributed by atoms with E-state index in [1.165, 1.54) is 0 Å². The van der Waals surface area contributed by atoms with E-state index >= 15 is 0 Å². The number of fused-ring (bicyclic) bond motifs is 1. The van der Waals surface area contributed by atoms with Gasteiger partial charge >= 0.3 is 0 Å². The molecule has 1 heterocycles. The number of nitrogens with zero attached hydrogens (tertiary/aromatic N) is 2. The lowest BCUT2D eigenvalue weighted by Gasteiger charge is -2.25. The van der Waals surface area contributed by atoms with Crippen molar-refractivity contribution >= 4 is 38.6 Å². The molecule has 0 saturated heterocycles. The van der Waals surface area contributed by atoms with Crippen molar-refractivity contribution in [2.45, 2.75) is 39.1 Å². The third kappa shape index (κ3) is 3.61. The maximum Gasteiger partial charge on any atom is 0.128 e. The zero-order valence-corrected chi connectivity index (χ0v) is 15.3. The highest BCUT2D eigenvalue weighted by atomic mass is 79.9. The fourth-order valence-electron chi connectivity index (χ4n) is 2.52. The van der Waals surface area contributed by atoms with Gasteiger partial charge < -0.3 is 9.30 Å². The monoisotopic (exact) mass is 372 g/mol. The molecule has 2 atom stereocenters. The van der Waals surface area contributed by atoms with Gasteiger partial charge in [-0.1, -0.05) is 29.8 Å². The van der Waals surface area contributed by atoms with E-state index in [0.717, 1.165) is 21.3 Å². The lowest BCUT2D eigenvalue weighted by atomic mass is 10.0. The van der Waals surface area contributed by atoms with Gasteiger partial charge in [-0.25, -0.2) is 4.98 Å². The molecule has 3 nitrogen and oxygen atoms in total. The van der Waals surface area contributed by atoms with Crippen LogP contribution in [0.1, 0.15) is 44.9 Å².